The van der Waals surface area contributed by atoms with Gasteiger partial charge in [-0.05, 0) is 44.4 Å². The van der Waals surface area contributed by atoms with Crippen LogP contribution in [0, 0.1) is 20.8 Å². The van der Waals surface area contributed by atoms with Crippen molar-refractivity contribution in [1.29, 1.82) is 0 Å². The molecule has 1 aromatic rings. The van der Waals surface area contributed by atoms with Crippen molar-refractivity contribution in [2.45, 2.75) is 34.2 Å². The van der Waals surface area contributed by atoms with Gasteiger partial charge in [0.1, 0.15) is 0 Å². The first-order valence-corrected chi connectivity index (χ1v) is 5.06. The molecule has 2 heteroatoms. The van der Waals surface area contributed by atoms with E-state index >= 15 is 0 Å². The van der Waals surface area contributed by atoms with Crippen molar-refractivity contribution in [3.05, 3.63) is 34.4 Å². The van der Waals surface area contributed by atoms with Gasteiger partial charge in [0.25, 0.3) is 0 Å². The standard InChI is InChI=1S/C12H19NO/c1-5-14-13-8-12-10(3)6-9(2)7-11(12)4/h6-7,13H,5,8H2,1-4H3. The van der Waals surface area contributed by atoms with Crippen LogP contribution in [0.4, 0.5) is 0 Å². The van der Waals surface area contributed by atoms with E-state index in [9.17, 15) is 0 Å². The van der Waals surface area contributed by atoms with Crippen LogP contribution in [-0.2, 0) is 11.4 Å². The fourth-order valence-electron chi connectivity index (χ4n) is 1.71. The van der Waals surface area contributed by atoms with Gasteiger partial charge in [0.05, 0.1) is 6.61 Å². The first kappa shape index (κ1) is 11.2. The van der Waals surface area contributed by atoms with Crippen LogP contribution in [0.15, 0.2) is 12.1 Å². The Morgan fingerprint density at radius 1 is 1.14 bits per heavy atom. The second-order valence-electron chi connectivity index (χ2n) is 3.63. The van der Waals surface area contributed by atoms with E-state index in [0.717, 1.165) is 6.54 Å². The molecule has 0 aliphatic heterocycles. The summed E-state index contributed by atoms with van der Waals surface area (Å²) < 4.78 is 0. The molecule has 0 aliphatic carbocycles. The predicted molar refractivity (Wildman–Crippen MR) is 59.1 cm³/mol. The Balaban J connectivity index is 2.75. The van der Waals surface area contributed by atoms with Gasteiger partial charge in [0.15, 0.2) is 0 Å². The summed E-state index contributed by atoms with van der Waals surface area (Å²) in [6.07, 6.45) is 0. The summed E-state index contributed by atoms with van der Waals surface area (Å²) in [6.45, 7) is 9.86. The zero-order chi connectivity index (χ0) is 10.6. The van der Waals surface area contributed by atoms with Gasteiger partial charge in [-0.3, -0.25) is 0 Å². The molecule has 78 valence electrons. The van der Waals surface area contributed by atoms with E-state index in [1.807, 2.05) is 6.92 Å². The smallest absolute Gasteiger partial charge is 0.0654 e. The molecule has 1 aromatic carbocycles. The molecule has 1 rings (SSSR count). The van der Waals surface area contributed by atoms with E-state index < -0.39 is 0 Å². The quantitative estimate of drug-likeness (QED) is 0.586. The number of hydroxylamine groups is 1. The van der Waals surface area contributed by atoms with Crippen LogP contribution in [0.5, 0.6) is 0 Å². The molecular formula is C12H19NO. The van der Waals surface area contributed by atoms with E-state index in [0.29, 0.717) is 6.61 Å². The van der Waals surface area contributed by atoms with Crippen molar-refractivity contribution in [3.8, 4) is 0 Å². The molecule has 0 heterocycles. The average molecular weight is 193 g/mol. The molecule has 0 aliphatic rings. The topological polar surface area (TPSA) is 21.3 Å². The van der Waals surface area contributed by atoms with Crippen LogP contribution in [0.3, 0.4) is 0 Å². The van der Waals surface area contributed by atoms with Crippen molar-refractivity contribution >= 4 is 0 Å². The highest BCUT2D eigenvalue weighted by molar-refractivity contribution is 5.37. The maximum Gasteiger partial charge on any atom is 0.0654 e. The molecule has 0 saturated heterocycles. The van der Waals surface area contributed by atoms with Gasteiger partial charge in [-0.15, -0.1) is 0 Å². The maximum absolute atomic E-state index is 5.13. The van der Waals surface area contributed by atoms with Crippen molar-refractivity contribution < 1.29 is 4.84 Å². The van der Waals surface area contributed by atoms with E-state index in [2.05, 4.69) is 38.4 Å². The Morgan fingerprint density at radius 2 is 1.71 bits per heavy atom. The van der Waals surface area contributed by atoms with Crippen LogP contribution in [0.25, 0.3) is 0 Å². The molecule has 0 radical (unpaired) electrons. The summed E-state index contributed by atoms with van der Waals surface area (Å²) in [7, 11) is 0. The average Bonchev–Trinajstić information content (AvgIpc) is 2.09. The number of aryl methyl sites for hydroxylation is 3. The first-order valence-electron chi connectivity index (χ1n) is 5.06. The minimum atomic E-state index is 0.698. The third-order valence-corrected chi connectivity index (χ3v) is 2.34. The Bertz CT molecular complexity index is 284. The summed E-state index contributed by atoms with van der Waals surface area (Å²) in [5.41, 5.74) is 8.27. The molecular weight excluding hydrogens is 174 g/mol. The van der Waals surface area contributed by atoms with Gasteiger partial charge >= 0.3 is 0 Å². The molecule has 2 nitrogen and oxygen atoms in total. The second-order valence-corrected chi connectivity index (χ2v) is 3.63. The van der Waals surface area contributed by atoms with Gasteiger partial charge in [-0.2, -0.15) is 5.48 Å². The number of hydrogen-bond acceptors (Lipinski definition) is 2. The monoisotopic (exact) mass is 193 g/mol. The van der Waals surface area contributed by atoms with Crippen LogP contribution in [-0.4, -0.2) is 6.61 Å². The Hall–Kier alpha value is -0.860. The molecule has 0 amide bonds. The van der Waals surface area contributed by atoms with Crippen LogP contribution in [0.2, 0.25) is 0 Å². The van der Waals surface area contributed by atoms with E-state index in [-0.39, 0.29) is 0 Å². The lowest BCUT2D eigenvalue weighted by atomic mass is 10.0. The number of nitrogens with one attached hydrogen (secondary N) is 1. The summed E-state index contributed by atoms with van der Waals surface area (Å²) in [5, 5.41) is 0. The van der Waals surface area contributed by atoms with E-state index in [1.54, 1.807) is 0 Å². The van der Waals surface area contributed by atoms with Crippen molar-refractivity contribution in [1.82, 2.24) is 5.48 Å². The Morgan fingerprint density at radius 3 is 2.21 bits per heavy atom. The third kappa shape index (κ3) is 2.82. The molecule has 14 heavy (non-hydrogen) atoms. The van der Waals surface area contributed by atoms with Crippen molar-refractivity contribution in [2.24, 2.45) is 0 Å². The molecule has 0 bridgehead atoms. The third-order valence-electron chi connectivity index (χ3n) is 2.34. The second kappa shape index (κ2) is 5.13. The zero-order valence-electron chi connectivity index (χ0n) is 9.48. The summed E-state index contributed by atoms with van der Waals surface area (Å²) in [4.78, 5) is 5.13. The Kier molecular flexibility index (Phi) is 4.11. The number of benzene rings is 1. The predicted octanol–water partition coefficient (Wildman–Crippen LogP) is 2.65. The minimum Gasteiger partial charge on any atom is -0.302 e. The summed E-state index contributed by atoms with van der Waals surface area (Å²) in [5.74, 6) is 0. The highest BCUT2D eigenvalue weighted by Gasteiger charge is 2.02. The highest BCUT2D eigenvalue weighted by atomic mass is 16.6. The zero-order valence-corrected chi connectivity index (χ0v) is 9.48. The molecule has 0 spiro atoms. The molecule has 0 saturated carbocycles. The van der Waals surface area contributed by atoms with E-state index in [1.165, 1.54) is 22.3 Å². The lowest BCUT2D eigenvalue weighted by Crippen LogP contribution is -2.15. The van der Waals surface area contributed by atoms with Gasteiger partial charge in [-0.1, -0.05) is 17.7 Å². The van der Waals surface area contributed by atoms with Crippen molar-refractivity contribution in [3.63, 3.8) is 0 Å². The van der Waals surface area contributed by atoms with Gasteiger partial charge < -0.3 is 4.84 Å². The van der Waals surface area contributed by atoms with E-state index in [4.69, 9.17) is 4.84 Å². The summed E-state index contributed by atoms with van der Waals surface area (Å²) in [6, 6.07) is 4.41. The van der Waals surface area contributed by atoms with Crippen molar-refractivity contribution in [2.75, 3.05) is 6.61 Å². The normalized spacial score (nSPS) is 10.6. The minimum absolute atomic E-state index is 0.698. The fourth-order valence-corrected chi connectivity index (χ4v) is 1.71. The first-order chi connectivity index (χ1) is 6.65. The number of rotatable bonds is 4. The summed E-state index contributed by atoms with van der Waals surface area (Å²) >= 11 is 0. The lowest BCUT2D eigenvalue weighted by Gasteiger charge is -2.11. The number of hydrogen-bond donors (Lipinski definition) is 1. The molecule has 0 aromatic heterocycles. The van der Waals surface area contributed by atoms with Crippen LogP contribution in [0.1, 0.15) is 29.2 Å². The highest BCUT2D eigenvalue weighted by Crippen LogP contribution is 2.15. The Labute approximate surface area is 86.2 Å². The van der Waals surface area contributed by atoms with Crippen LogP contribution >= 0.6 is 0 Å². The van der Waals surface area contributed by atoms with Gasteiger partial charge in [0.2, 0.25) is 0 Å². The van der Waals surface area contributed by atoms with Gasteiger partial charge in [-0.25, -0.2) is 0 Å². The largest absolute Gasteiger partial charge is 0.302 e. The molecule has 0 atom stereocenters. The SMILES string of the molecule is CCONCc1c(C)cc(C)cc1C. The van der Waals surface area contributed by atoms with Gasteiger partial charge in [0, 0.05) is 6.54 Å². The molecule has 0 fully saturated rings. The molecule has 0 unspecified atom stereocenters. The maximum atomic E-state index is 5.13. The fraction of sp³-hybridized carbons (Fsp3) is 0.500. The lowest BCUT2D eigenvalue weighted by molar-refractivity contribution is 0.0461. The molecule has 1 N–H and O–H groups in total. The van der Waals surface area contributed by atoms with Crippen LogP contribution < -0.4 is 5.48 Å².